The van der Waals surface area contributed by atoms with Crippen LogP contribution in [0.25, 0.3) is 10.4 Å². The van der Waals surface area contributed by atoms with Crippen molar-refractivity contribution in [3.05, 3.63) is 41.0 Å². The van der Waals surface area contributed by atoms with Gasteiger partial charge in [-0.05, 0) is 23.5 Å². The molecule has 1 unspecified atom stereocenters. The highest BCUT2D eigenvalue weighted by Gasteiger charge is 2.44. The fourth-order valence-corrected chi connectivity index (χ4v) is 5.19. The largest absolute Gasteiger partial charge is 0.465 e. The Morgan fingerprint density at radius 3 is 2.48 bits per heavy atom. The van der Waals surface area contributed by atoms with Crippen molar-refractivity contribution in [3.8, 4) is 10.4 Å². The summed E-state index contributed by atoms with van der Waals surface area (Å²) in [4.78, 5) is 56.4. The predicted molar refractivity (Wildman–Crippen MR) is 148 cm³/mol. The van der Waals surface area contributed by atoms with Crippen LogP contribution in [0.3, 0.4) is 0 Å². The molecule has 1 aliphatic rings. The summed E-state index contributed by atoms with van der Waals surface area (Å²) >= 11 is 1.56. The summed E-state index contributed by atoms with van der Waals surface area (Å²) in [5.41, 5.74) is 3.98. The summed E-state index contributed by atoms with van der Waals surface area (Å²) in [7, 11) is 0. The second kappa shape index (κ2) is 13.7. The molecule has 0 spiro atoms. The first-order valence-corrected chi connectivity index (χ1v) is 13.8. The van der Waals surface area contributed by atoms with Gasteiger partial charge < -0.3 is 35.8 Å². The van der Waals surface area contributed by atoms with Crippen molar-refractivity contribution < 1.29 is 34.1 Å². The van der Waals surface area contributed by atoms with E-state index in [-0.39, 0.29) is 45.2 Å². The summed E-state index contributed by atoms with van der Waals surface area (Å²) in [6, 6.07) is 5.92. The number of carbonyl (C=O) groups excluding carboxylic acids is 3. The average Bonchev–Trinajstić information content (AvgIpc) is 3.50. The second-order valence-electron chi connectivity index (χ2n) is 10.7. The smallest absolute Gasteiger partial charge is 0.404 e. The van der Waals surface area contributed by atoms with Crippen LogP contribution in [0.15, 0.2) is 29.8 Å². The highest BCUT2D eigenvalue weighted by atomic mass is 32.1. The third kappa shape index (κ3) is 8.47. The fourth-order valence-electron chi connectivity index (χ4n) is 4.38. The molecular weight excluding hydrogens is 538 g/mol. The molecule has 0 aliphatic carbocycles. The van der Waals surface area contributed by atoms with Gasteiger partial charge in [0.1, 0.15) is 18.7 Å². The normalized spacial score (nSPS) is 17.8. The van der Waals surface area contributed by atoms with Gasteiger partial charge in [0.15, 0.2) is 0 Å². The molecule has 2 aromatic rings. The van der Waals surface area contributed by atoms with Crippen LogP contribution in [0.5, 0.6) is 0 Å². The Bertz CT molecular complexity index is 1190. The number of carbonyl (C=O) groups is 4. The summed E-state index contributed by atoms with van der Waals surface area (Å²) in [5, 5.41) is 26.6. The van der Waals surface area contributed by atoms with Gasteiger partial charge in [-0.1, -0.05) is 45.0 Å². The Hall–Kier alpha value is -3.55. The highest BCUT2D eigenvalue weighted by molar-refractivity contribution is 7.13. The number of thiazole rings is 1. The number of ether oxygens (including phenoxy) is 1. The highest BCUT2D eigenvalue weighted by Crippen LogP contribution is 2.28. The number of aliphatic hydroxyl groups excluding tert-OH is 1. The van der Waals surface area contributed by atoms with Gasteiger partial charge in [-0.25, -0.2) is 9.78 Å². The van der Waals surface area contributed by atoms with Crippen LogP contribution in [0.2, 0.25) is 0 Å². The molecule has 3 rings (SSSR count). The van der Waals surface area contributed by atoms with Crippen LogP contribution in [-0.2, 0) is 25.7 Å². The van der Waals surface area contributed by atoms with Crippen molar-refractivity contribution in [2.45, 2.75) is 58.8 Å². The zero-order chi connectivity index (χ0) is 29.4. The maximum Gasteiger partial charge on any atom is 0.404 e. The number of hydrogen-bond acceptors (Lipinski definition) is 8. The molecule has 3 atom stereocenters. The summed E-state index contributed by atoms with van der Waals surface area (Å²) in [6.07, 6.45) is -1.98. The van der Waals surface area contributed by atoms with E-state index in [1.807, 2.05) is 31.2 Å². The first kappa shape index (κ1) is 31.0. The molecule has 0 saturated carbocycles. The lowest BCUT2D eigenvalue weighted by atomic mass is 9.85. The minimum absolute atomic E-state index is 0.0119. The van der Waals surface area contributed by atoms with Gasteiger partial charge in [0, 0.05) is 26.1 Å². The Labute approximate surface area is 237 Å². The lowest BCUT2D eigenvalue weighted by molar-refractivity contribution is -0.144. The van der Waals surface area contributed by atoms with Gasteiger partial charge in [0.2, 0.25) is 17.7 Å². The molecule has 218 valence electrons. The van der Waals surface area contributed by atoms with E-state index in [0.29, 0.717) is 0 Å². The van der Waals surface area contributed by atoms with E-state index in [9.17, 15) is 24.3 Å². The number of aromatic nitrogens is 1. The van der Waals surface area contributed by atoms with Crippen molar-refractivity contribution in [2.75, 3.05) is 26.3 Å². The van der Waals surface area contributed by atoms with Crippen LogP contribution in [-0.4, -0.2) is 88.4 Å². The number of benzene rings is 1. The third-order valence-electron chi connectivity index (χ3n) is 6.47. The number of carboxylic acid groups (broad SMARTS) is 1. The predicted octanol–water partition coefficient (Wildman–Crippen LogP) is 1.51. The molecule has 1 aliphatic heterocycles. The topological polar surface area (TPSA) is 170 Å². The molecular formula is C27H37N5O7S. The number of likely N-dealkylation sites (tertiary alicyclic amines) is 1. The SMILES string of the molecule is Cc1ncsc1-c1ccc(CNC(=O)[C@@H]2C[C@@H](O)CN2C(=O)C(NC(=O)COCCNC(=O)O)C(C)(C)C)cc1. The Morgan fingerprint density at radius 1 is 1.18 bits per heavy atom. The first-order valence-electron chi connectivity index (χ1n) is 13.0. The van der Waals surface area contributed by atoms with Gasteiger partial charge in [-0.15, -0.1) is 11.3 Å². The van der Waals surface area contributed by atoms with E-state index in [4.69, 9.17) is 9.84 Å². The number of nitrogens with zero attached hydrogens (tertiary/aromatic N) is 2. The monoisotopic (exact) mass is 575 g/mol. The number of β-amino-alcohol motifs (C(OH)–C–C–N with tert-alkyl or cyclic N) is 1. The number of hydrogen-bond donors (Lipinski definition) is 5. The van der Waals surface area contributed by atoms with Crippen molar-refractivity contribution in [1.29, 1.82) is 0 Å². The molecule has 40 heavy (non-hydrogen) atoms. The van der Waals surface area contributed by atoms with E-state index in [0.717, 1.165) is 21.7 Å². The van der Waals surface area contributed by atoms with Crippen LogP contribution in [0.1, 0.15) is 38.4 Å². The number of rotatable bonds is 11. The van der Waals surface area contributed by atoms with Crippen molar-refractivity contribution in [3.63, 3.8) is 0 Å². The van der Waals surface area contributed by atoms with Crippen molar-refractivity contribution >= 4 is 35.2 Å². The van der Waals surface area contributed by atoms with Crippen LogP contribution >= 0.6 is 11.3 Å². The molecule has 12 nitrogen and oxygen atoms in total. The molecule has 4 amide bonds. The van der Waals surface area contributed by atoms with Crippen LogP contribution in [0.4, 0.5) is 4.79 Å². The van der Waals surface area contributed by atoms with Crippen molar-refractivity contribution in [1.82, 2.24) is 25.8 Å². The lowest BCUT2D eigenvalue weighted by Crippen LogP contribution is -2.58. The van der Waals surface area contributed by atoms with Gasteiger partial charge >= 0.3 is 6.09 Å². The Kier molecular flexibility index (Phi) is 10.6. The van der Waals surface area contributed by atoms with E-state index < -0.39 is 41.5 Å². The number of aliphatic hydroxyl groups is 1. The molecule has 1 fully saturated rings. The minimum Gasteiger partial charge on any atom is -0.465 e. The van der Waals surface area contributed by atoms with Crippen molar-refractivity contribution in [2.24, 2.45) is 5.41 Å². The minimum atomic E-state index is -1.20. The first-order chi connectivity index (χ1) is 18.9. The maximum atomic E-state index is 13.6. The van der Waals surface area contributed by atoms with E-state index in [1.54, 1.807) is 37.6 Å². The lowest BCUT2D eigenvalue weighted by Gasteiger charge is -2.35. The molecule has 13 heteroatoms. The summed E-state index contributed by atoms with van der Waals surface area (Å²) in [6.45, 7) is 7.17. The van der Waals surface area contributed by atoms with Gasteiger partial charge in [0.25, 0.3) is 0 Å². The van der Waals surface area contributed by atoms with E-state index in [2.05, 4.69) is 20.9 Å². The molecule has 5 N–H and O–H groups in total. The molecule has 0 bridgehead atoms. The number of nitrogens with one attached hydrogen (secondary N) is 3. The zero-order valence-corrected chi connectivity index (χ0v) is 23.9. The molecule has 2 heterocycles. The van der Waals surface area contributed by atoms with Gasteiger partial charge in [-0.3, -0.25) is 14.4 Å². The average molecular weight is 576 g/mol. The molecule has 1 aromatic carbocycles. The molecule has 1 aromatic heterocycles. The summed E-state index contributed by atoms with van der Waals surface area (Å²) in [5.74, 6) is -1.42. The quantitative estimate of drug-likeness (QED) is 0.251. The van der Waals surface area contributed by atoms with Crippen LogP contribution in [0, 0.1) is 12.3 Å². The Morgan fingerprint density at radius 2 is 1.88 bits per heavy atom. The standard InChI is InChI=1S/C27H37N5O7S/c1-16-22(40-15-30-16)18-7-5-17(6-8-18)12-29-24(35)20-11-19(33)13-32(20)25(36)23(27(2,3)4)31-21(34)14-39-10-9-28-26(37)38/h5-8,15,19-20,23,28,33H,9-14H2,1-4H3,(H,29,35)(H,31,34)(H,37,38)/t19-,20+,23?/m1/s1. The molecule has 0 radical (unpaired) electrons. The van der Waals surface area contributed by atoms with E-state index in [1.165, 1.54) is 4.90 Å². The van der Waals surface area contributed by atoms with E-state index >= 15 is 0 Å². The number of aryl methyl sites for hydroxylation is 1. The third-order valence-corrected chi connectivity index (χ3v) is 7.44. The van der Waals surface area contributed by atoms with Gasteiger partial charge in [-0.2, -0.15) is 0 Å². The number of amides is 4. The zero-order valence-electron chi connectivity index (χ0n) is 23.1. The fraction of sp³-hybridized carbons (Fsp3) is 0.519. The van der Waals surface area contributed by atoms with Gasteiger partial charge in [0.05, 0.1) is 28.8 Å². The van der Waals surface area contributed by atoms with Crippen LogP contribution < -0.4 is 16.0 Å². The maximum absolute atomic E-state index is 13.6. The second-order valence-corrected chi connectivity index (χ2v) is 11.6. The Balaban J connectivity index is 1.60. The summed E-state index contributed by atoms with van der Waals surface area (Å²) < 4.78 is 5.18. The molecule has 1 saturated heterocycles.